The smallest absolute Gasteiger partial charge is 0.141 e. The lowest BCUT2D eigenvalue weighted by Crippen LogP contribution is -2.29. The monoisotopic (exact) mass is 739 g/mol. The average molecular weight is 740 g/mol. The van der Waals surface area contributed by atoms with E-state index >= 15 is 0 Å². The lowest BCUT2D eigenvalue weighted by Gasteiger charge is -2.22. The molecule has 13 nitrogen and oxygen atoms in total. The van der Waals surface area contributed by atoms with Gasteiger partial charge in [-0.05, 0) is 76.2 Å². The Morgan fingerprint density at radius 1 is 0.714 bits per heavy atom. The van der Waals surface area contributed by atoms with E-state index in [1.54, 1.807) is 53.9 Å². The Morgan fingerprint density at radius 2 is 1.32 bits per heavy atom. The molecule has 0 bridgehead atoms. The highest BCUT2D eigenvalue weighted by Gasteiger charge is 2.34. The van der Waals surface area contributed by atoms with E-state index in [0.717, 1.165) is 39.0 Å². The number of nitriles is 3. The van der Waals surface area contributed by atoms with Gasteiger partial charge in [0.2, 0.25) is 0 Å². The molecule has 56 heavy (non-hydrogen) atoms. The quantitative estimate of drug-likeness (QED) is 0.138. The van der Waals surface area contributed by atoms with Crippen molar-refractivity contribution in [1.82, 2.24) is 48.3 Å². The van der Waals surface area contributed by atoms with Crippen molar-refractivity contribution in [2.24, 2.45) is 0 Å². The fraction of sp³-hybridized carbons (Fsp3) is 0.214. The molecule has 8 aromatic rings. The Kier molecular flexibility index (Phi) is 8.71. The number of hydrogen-bond donors (Lipinski definition) is 0. The number of rotatable bonds is 10. The van der Waals surface area contributed by atoms with Gasteiger partial charge in [0.15, 0.2) is 0 Å². The van der Waals surface area contributed by atoms with Crippen molar-refractivity contribution in [2.45, 2.75) is 58.3 Å². The first-order valence-corrected chi connectivity index (χ1v) is 17.9. The molecule has 0 fully saturated rings. The number of fused-ring (bicyclic) bond motifs is 2. The summed E-state index contributed by atoms with van der Waals surface area (Å²) in [6, 6.07) is 21.5. The zero-order valence-corrected chi connectivity index (χ0v) is 31.1. The number of aromatic nitrogens is 10. The van der Waals surface area contributed by atoms with Crippen LogP contribution >= 0.6 is 0 Å². The minimum Gasteiger partial charge on any atom is -0.307 e. The van der Waals surface area contributed by atoms with Gasteiger partial charge in [-0.2, -0.15) is 26.0 Å². The molecule has 0 aromatic carbocycles. The van der Waals surface area contributed by atoms with E-state index in [4.69, 9.17) is 4.98 Å². The minimum absolute atomic E-state index is 0.221. The Bertz CT molecular complexity index is 2920. The first kappa shape index (κ1) is 35.5. The van der Waals surface area contributed by atoms with Gasteiger partial charge < -0.3 is 8.80 Å². The summed E-state index contributed by atoms with van der Waals surface area (Å²) in [6.45, 7) is 7.47. The topological polar surface area (TPSA) is 167 Å². The Labute approximate surface area is 321 Å². The van der Waals surface area contributed by atoms with Gasteiger partial charge in [0.1, 0.15) is 45.9 Å². The molecule has 1 unspecified atom stereocenters. The molecule has 0 radical (unpaired) electrons. The van der Waals surface area contributed by atoms with Crippen molar-refractivity contribution in [3.63, 3.8) is 0 Å². The molecule has 0 aliphatic carbocycles. The van der Waals surface area contributed by atoms with Gasteiger partial charge in [-0.25, -0.2) is 24.3 Å². The van der Waals surface area contributed by atoms with Crippen LogP contribution in [-0.2, 0) is 18.5 Å². The van der Waals surface area contributed by atoms with E-state index < -0.39 is 11.1 Å². The van der Waals surface area contributed by atoms with Crippen LogP contribution in [0.15, 0.2) is 98.1 Å². The van der Waals surface area contributed by atoms with Crippen LogP contribution in [0, 0.1) is 40.9 Å². The molecule has 0 saturated heterocycles. The van der Waals surface area contributed by atoms with Crippen LogP contribution in [0.5, 0.6) is 0 Å². The van der Waals surface area contributed by atoms with E-state index in [9.17, 15) is 20.2 Å². The molecule has 0 spiro atoms. The van der Waals surface area contributed by atoms with Crippen molar-refractivity contribution in [3.8, 4) is 63.0 Å². The third kappa shape index (κ3) is 6.63. The molecule has 0 amide bonds. The normalized spacial score (nSPS) is 12.7. The highest BCUT2D eigenvalue weighted by molar-refractivity contribution is 5.83. The van der Waals surface area contributed by atoms with Gasteiger partial charge >= 0.3 is 0 Å². The summed E-state index contributed by atoms with van der Waals surface area (Å²) < 4.78 is 21.5. The van der Waals surface area contributed by atoms with Crippen LogP contribution < -0.4 is 0 Å². The number of halogens is 1. The Hall–Kier alpha value is -7.50. The standard InChI is InChI=1S/C42H34FN13/c1-27-40(56-14-10-29(18-37(56)50-27)39-34(7-5-33(20-45)52-39)30-21-48-54(23-30)15-11-41(2,3)43)42(4,25-46)26-55-24-31(22-49-55)35-8-6-32(19-44)51-38(35)28-9-13-53-16-12-47-36(53)17-28/h5-10,12-14,16-18,21-24H,11,15,26H2,1-4H3. The van der Waals surface area contributed by atoms with Crippen molar-refractivity contribution in [1.29, 1.82) is 15.8 Å². The van der Waals surface area contributed by atoms with Gasteiger partial charge in [-0.3, -0.25) is 9.36 Å². The van der Waals surface area contributed by atoms with Crippen LogP contribution in [0.2, 0.25) is 0 Å². The molecule has 0 N–H and O–H groups in total. The second kappa shape index (κ2) is 13.7. The molecular formula is C42H34FN13. The summed E-state index contributed by atoms with van der Waals surface area (Å²) in [5.74, 6) is 0. The summed E-state index contributed by atoms with van der Waals surface area (Å²) in [5.41, 5.74) is 6.77. The van der Waals surface area contributed by atoms with Gasteiger partial charge in [0, 0.05) is 83.5 Å². The fourth-order valence-corrected chi connectivity index (χ4v) is 7.06. The maximum atomic E-state index is 14.2. The lowest BCUT2D eigenvalue weighted by molar-refractivity contribution is 0.190. The number of imidazole rings is 2. The molecule has 8 rings (SSSR count). The highest BCUT2D eigenvalue weighted by atomic mass is 19.1. The van der Waals surface area contributed by atoms with E-state index in [2.05, 4.69) is 43.4 Å². The summed E-state index contributed by atoms with van der Waals surface area (Å²) in [6.07, 6.45) is 14.8. The molecule has 0 aliphatic heterocycles. The number of aryl methyl sites for hydroxylation is 2. The van der Waals surface area contributed by atoms with Crippen molar-refractivity contribution >= 4 is 11.3 Å². The maximum Gasteiger partial charge on any atom is 0.141 e. The molecule has 274 valence electrons. The van der Waals surface area contributed by atoms with Crippen molar-refractivity contribution in [3.05, 3.63) is 121 Å². The molecule has 8 heterocycles. The first-order chi connectivity index (χ1) is 26.9. The lowest BCUT2D eigenvalue weighted by atomic mass is 9.87. The van der Waals surface area contributed by atoms with Gasteiger partial charge in [-0.15, -0.1) is 0 Å². The second-order valence-corrected chi connectivity index (χ2v) is 14.5. The minimum atomic E-state index is -1.32. The Balaban J connectivity index is 1.12. The second-order valence-electron chi connectivity index (χ2n) is 14.5. The number of pyridine rings is 4. The number of nitrogens with zero attached hydrogens (tertiary/aromatic N) is 13. The third-order valence-corrected chi connectivity index (χ3v) is 9.84. The molecule has 14 heteroatoms. The van der Waals surface area contributed by atoms with Gasteiger partial charge in [0.25, 0.3) is 0 Å². The average Bonchev–Trinajstić information content (AvgIpc) is 4.02. The maximum absolute atomic E-state index is 14.2. The highest BCUT2D eigenvalue weighted by Crippen LogP contribution is 2.36. The fourth-order valence-electron chi connectivity index (χ4n) is 7.06. The molecular weight excluding hydrogens is 706 g/mol. The molecule has 0 saturated carbocycles. The largest absolute Gasteiger partial charge is 0.307 e. The summed E-state index contributed by atoms with van der Waals surface area (Å²) >= 11 is 0. The number of hydrogen-bond acceptors (Lipinski definition) is 9. The van der Waals surface area contributed by atoms with Crippen molar-refractivity contribution in [2.75, 3.05) is 0 Å². The molecule has 1 atom stereocenters. The van der Waals surface area contributed by atoms with Crippen LogP contribution in [0.3, 0.4) is 0 Å². The third-order valence-electron chi connectivity index (χ3n) is 9.84. The predicted octanol–water partition coefficient (Wildman–Crippen LogP) is 7.50. The summed E-state index contributed by atoms with van der Waals surface area (Å²) in [5, 5.41) is 39.2. The number of alkyl halides is 1. The van der Waals surface area contributed by atoms with Crippen LogP contribution in [0.4, 0.5) is 4.39 Å². The first-order valence-electron chi connectivity index (χ1n) is 17.9. The van der Waals surface area contributed by atoms with E-state index in [0.29, 0.717) is 41.4 Å². The zero-order chi connectivity index (χ0) is 39.2. The van der Waals surface area contributed by atoms with Gasteiger partial charge in [0.05, 0.1) is 47.8 Å². The summed E-state index contributed by atoms with van der Waals surface area (Å²) in [7, 11) is 0. The van der Waals surface area contributed by atoms with Crippen LogP contribution in [-0.4, -0.2) is 54.0 Å². The van der Waals surface area contributed by atoms with E-state index in [-0.39, 0.29) is 17.9 Å². The van der Waals surface area contributed by atoms with E-state index in [1.807, 2.05) is 90.0 Å². The molecule has 8 aromatic heterocycles. The van der Waals surface area contributed by atoms with Crippen LogP contribution in [0.25, 0.3) is 56.1 Å². The predicted molar refractivity (Wildman–Crippen MR) is 206 cm³/mol. The van der Waals surface area contributed by atoms with Crippen LogP contribution in [0.1, 0.15) is 50.0 Å². The van der Waals surface area contributed by atoms with Crippen molar-refractivity contribution < 1.29 is 4.39 Å². The zero-order valence-electron chi connectivity index (χ0n) is 31.1. The summed E-state index contributed by atoms with van der Waals surface area (Å²) in [4.78, 5) is 18.6. The Morgan fingerprint density at radius 3 is 1.95 bits per heavy atom. The van der Waals surface area contributed by atoms with E-state index in [1.165, 1.54) is 0 Å². The molecule has 0 aliphatic rings. The van der Waals surface area contributed by atoms with Gasteiger partial charge in [-0.1, -0.05) is 0 Å². The SMILES string of the molecule is Cc1nc2cc(-c3nc(C#N)ccc3-c3cnn(CCC(C)(C)F)c3)ccn2c1C(C)(C#N)Cn1cc(-c2ccc(C#N)nc2-c2ccn3ccnc3c2)cn1.